The van der Waals surface area contributed by atoms with E-state index in [0.717, 1.165) is 12.8 Å². The Morgan fingerprint density at radius 1 is 1.25 bits per heavy atom. The Morgan fingerprint density at radius 2 is 2.08 bits per heavy atom. The number of hydrogen-bond donors (Lipinski definition) is 1. The van der Waals surface area contributed by atoms with Crippen molar-refractivity contribution in [2.24, 2.45) is 0 Å². The quantitative estimate of drug-likeness (QED) is 0.857. The van der Waals surface area contributed by atoms with Crippen LogP contribution in [0, 0.1) is 0 Å². The Labute approximate surface area is 141 Å². The molecule has 1 N–H and O–H groups in total. The third kappa shape index (κ3) is 3.35. The summed E-state index contributed by atoms with van der Waals surface area (Å²) in [5.41, 5.74) is 0.666. The van der Waals surface area contributed by atoms with E-state index in [2.05, 4.69) is 25.3 Å². The number of rotatable bonds is 5. The fourth-order valence-corrected chi connectivity index (χ4v) is 3.93. The van der Waals surface area contributed by atoms with E-state index in [9.17, 15) is 8.42 Å². The van der Waals surface area contributed by atoms with Gasteiger partial charge in [-0.25, -0.2) is 15.0 Å². The maximum atomic E-state index is 12.5. The standard InChI is InChI=1S/C14H19N7O2S/c1-20(2)24(22,23)21-9-3-4-12(21)11-5-6-17-14(18-11)19-13-10-15-7-8-16-13/h5-8,10,12H,3-4,9H2,1-2H3,(H,16,17,18,19). The SMILES string of the molecule is CN(C)S(=O)(=O)N1CCCC1c1ccnc(Nc2cnccn2)n1. The Kier molecular flexibility index (Phi) is 4.69. The van der Waals surface area contributed by atoms with Gasteiger partial charge in [0.1, 0.15) is 0 Å². The summed E-state index contributed by atoms with van der Waals surface area (Å²) in [5.74, 6) is 0.890. The van der Waals surface area contributed by atoms with Crippen molar-refractivity contribution in [3.63, 3.8) is 0 Å². The van der Waals surface area contributed by atoms with Crippen LogP contribution in [-0.2, 0) is 10.2 Å². The molecule has 0 saturated carbocycles. The smallest absolute Gasteiger partial charge is 0.282 e. The zero-order valence-electron chi connectivity index (χ0n) is 13.5. The van der Waals surface area contributed by atoms with Crippen LogP contribution in [0.4, 0.5) is 11.8 Å². The van der Waals surface area contributed by atoms with Gasteiger partial charge in [0.15, 0.2) is 5.82 Å². The lowest BCUT2D eigenvalue weighted by Gasteiger charge is -2.26. The Bertz CT molecular complexity index is 798. The molecule has 1 aliphatic heterocycles. The van der Waals surface area contributed by atoms with E-state index < -0.39 is 10.2 Å². The van der Waals surface area contributed by atoms with Gasteiger partial charge in [-0.15, -0.1) is 0 Å². The summed E-state index contributed by atoms with van der Waals surface area (Å²) < 4.78 is 27.6. The van der Waals surface area contributed by atoms with Crippen molar-refractivity contribution in [1.29, 1.82) is 0 Å². The molecule has 1 aliphatic rings. The van der Waals surface area contributed by atoms with Gasteiger partial charge in [-0.1, -0.05) is 0 Å². The second kappa shape index (κ2) is 6.75. The minimum absolute atomic E-state index is 0.289. The Hall–Kier alpha value is -2.17. The van der Waals surface area contributed by atoms with Crippen molar-refractivity contribution in [3.05, 3.63) is 36.5 Å². The Morgan fingerprint density at radius 3 is 2.79 bits per heavy atom. The highest BCUT2D eigenvalue weighted by Crippen LogP contribution is 2.34. The molecule has 9 nitrogen and oxygen atoms in total. The number of nitrogens with one attached hydrogen (secondary N) is 1. The van der Waals surface area contributed by atoms with Gasteiger partial charge in [0.25, 0.3) is 10.2 Å². The summed E-state index contributed by atoms with van der Waals surface area (Å²) in [6.45, 7) is 0.488. The van der Waals surface area contributed by atoms with Gasteiger partial charge in [-0.05, 0) is 18.9 Å². The van der Waals surface area contributed by atoms with E-state index in [1.807, 2.05) is 0 Å². The lowest BCUT2D eigenvalue weighted by Crippen LogP contribution is -2.39. The van der Waals surface area contributed by atoms with Crippen LogP contribution in [-0.4, -0.2) is 57.6 Å². The number of anilines is 2. The van der Waals surface area contributed by atoms with Crippen LogP contribution in [0.3, 0.4) is 0 Å². The van der Waals surface area contributed by atoms with Crippen molar-refractivity contribution in [2.75, 3.05) is 26.0 Å². The first-order valence-electron chi connectivity index (χ1n) is 7.54. The molecule has 0 aromatic carbocycles. The van der Waals surface area contributed by atoms with Gasteiger partial charge in [0, 0.05) is 39.2 Å². The van der Waals surface area contributed by atoms with E-state index in [4.69, 9.17) is 0 Å². The normalized spacial score (nSPS) is 18.9. The van der Waals surface area contributed by atoms with Crippen molar-refractivity contribution in [2.45, 2.75) is 18.9 Å². The molecule has 0 aliphatic carbocycles. The summed E-state index contributed by atoms with van der Waals surface area (Å²) in [6.07, 6.45) is 7.84. The molecule has 1 fully saturated rings. The second-order valence-corrected chi connectivity index (χ2v) is 7.67. The van der Waals surface area contributed by atoms with Crippen molar-refractivity contribution in [3.8, 4) is 0 Å². The van der Waals surface area contributed by atoms with Crippen LogP contribution in [0.5, 0.6) is 0 Å². The van der Waals surface area contributed by atoms with E-state index in [-0.39, 0.29) is 6.04 Å². The first-order valence-corrected chi connectivity index (χ1v) is 8.93. The first-order chi connectivity index (χ1) is 11.5. The maximum Gasteiger partial charge on any atom is 0.282 e. The highest BCUT2D eigenvalue weighted by molar-refractivity contribution is 7.86. The molecule has 0 spiro atoms. The molecule has 3 heterocycles. The molecule has 10 heteroatoms. The van der Waals surface area contributed by atoms with Crippen molar-refractivity contribution in [1.82, 2.24) is 28.5 Å². The van der Waals surface area contributed by atoms with Gasteiger partial charge in [0.05, 0.1) is 17.9 Å². The van der Waals surface area contributed by atoms with Gasteiger partial charge >= 0.3 is 0 Å². The third-order valence-corrected chi connectivity index (χ3v) is 5.74. The minimum Gasteiger partial charge on any atom is -0.307 e. The molecular formula is C14H19N7O2S. The summed E-state index contributed by atoms with van der Waals surface area (Å²) in [5, 5.41) is 2.97. The van der Waals surface area contributed by atoms with Crippen LogP contribution >= 0.6 is 0 Å². The molecule has 1 atom stereocenters. The van der Waals surface area contributed by atoms with E-state index in [0.29, 0.717) is 24.0 Å². The lowest BCUT2D eigenvalue weighted by atomic mass is 10.1. The zero-order valence-corrected chi connectivity index (χ0v) is 14.3. The summed E-state index contributed by atoms with van der Waals surface area (Å²) in [7, 11) is -0.415. The summed E-state index contributed by atoms with van der Waals surface area (Å²) in [4.78, 5) is 16.7. The Balaban J connectivity index is 1.85. The van der Waals surface area contributed by atoms with Crippen LogP contribution in [0.1, 0.15) is 24.6 Å². The molecule has 0 bridgehead atoms. The van der Waals surface area contributed by atoms with E-state index in [1.165, 1.54) is 22.7 Å². The minimum atomic E-state index is -3.48. The predicted octanol–water partition coefficient (Wildman–Crippen LogP) is 0.953. The third-order valence-electron chi connectivity index (χ3n) is 3.78. The lowest BCUT2D eigenvalue weighted by molar-refractivity contribution is 0.358. The van der Waals surface area contributed by atoms with E-state index >= 15 is 0 Å². The molecule has 2 aromatic rings. The molecule has 3 rings (SSSR count). The molecule has 1 unspecified atom stereocenters. The molecular weight excluding hydrogens is 330 g/mol. The second-order valence-electron chi connectivity index (χ2n) is 5.58. The zero-order chi connectivity index (χ0) is 17.2. The number of nitrogens with zero attached hydrogens (tertiary/aromatic N) is 6. The van der Waals surface area contributed by atoms with Gasteiger partial charge in [-0.2, -0.15) is 17.0 Å². The van der Waals surface area contributed by atoms with Crippen LogP contribution in [0.25, 0.3) is 0 Å². The molecule has 0 amide bonds. The van der Waals surface area contributed by atoms with Crippen LogP contribution in [0.2, 0.25) is 0 Å². The first kappa shape index (κ1) is 16.7. The van der Waals surface area contributed by atoms with Gasteiger partial charge < -0.3 is 5.32 Å². The fraction of sp³-hybridized carbons (Fsp3) is 0.429. The average Bonchev–Trinajstić information content (AvgIpc) is 3.06. The van der Waals surface area contributed by atoms with E-state index in [1.54, 1.807) is 30.9 Å². The summed E-state index contributed by atoms with van der Waals surface area (Å²) >= 11 is 0. The number of aromatic nitrogens is 4. The largest absolute Gasteiger partial charge is 0.307 e. The van der Waals surface area contributed by atoms with Crippen LogP contribution in [0.15, 0.2) is 30.9 Å². The maximum absolute atomic E-state index is 12.5. The highest BCUT2D eigenvalue weighted by Gasteiger charge is 2.37. The van der Waals surface area contributed by atoms with Crippen molar-refractivity contribution >= 4 is 22.0 Å². The molecule has 128 valence electrons. The van der Waals surface area contributed by atoms with Gasteiger partial charge in [-0.3, -0.25) is 4.98 Å². The molecule has 2 aromatic heterocycles. The summed E-state index contributed by atoms with van der Waals surface area (Å²) in [6, 6.07) is 1.46. The molecule has 1 saturated heterocycles. The van der Waals surface area contributed by atoms with Crippen LogP contribution < -0.4 is 5.32 Å². The molecule has 0 radical (unpaired) electrons. The predicted molar refractivity (Wildman–Crippen MR) is 88.6 cm³/mol. The topological polar surface area (TPSA) is 104 Å². The average molecular weight is 349 g/mol. The number of hydrogen-bond acceptors (Lipinski definition) is 7. The fourth-order valence-electron chi connectivity index (χ4n) is 2.62. The molecule has 24 heavy (non-hydrogen) atoms. The monoisotopic (exact) mass is 349 g/mol. The van der Waals surface area contributed by atoms with Crippen molar-refractivity contribution < 1.29 is 8.42 Å². The van der Waals surface area contributed by atoms with Gasteiger partial charge in [0.2, 0.25) is 5.95 Å². The highest BCUT2D eigenvalue weighted by atomic mass is 32.2.